The number of unbranched alkanes of at least 4 members (excludes halogenated alkanes) is 1. The van der Waals surface area contributed by atoms with Gasteiger partial charge < -0.3 is 25.1 Å². The molecule has 0 saturated heterocycles. The molecule has 172 valence electrons. The zero-order valence-corrected chi connectivity index (χ0v) is 19.1. The highest BCUT2D eigenvalue weighted by atomic mass is 35.5. The van der Waals surface area contributed by atoms with Gasteiger partial charge >= 0.3 is 6.09 Å². The van der Waals surface area contributed by atoms with Crippen LogP contribution in [-0.2, 0) is 17.8 Å². The fourth-order valence-corrected chi connectivity index (χ4v) is 3.16. The maximum atomic E-state index is 11.9. The van der Waals surface area contributed by atoms with Crippen LogP contribution in [0.3, 0.4) is 0 Å². The van der Waals surface area contributed by atoms with Gasteiger partial charge in [0.2, 0.25) is 5.28 Å². The van der Waals surface area contributed by atoms with Gasteiger partial charge in [0.1, 0.15) is 11.3 Å². The number of nitrogens with one attached hydrogen (secondary N) is 1. The molecule has 0 unspecified atom stereocenters. The van der Waals surface area contributed by atoms with Crippen molar-refractivity contribution in [3.8, 4) is 5.75 Å². The van der Waals surface area contributed by atoms with E-state index in [9.17, 15) is 4.79 Å². The van der Waals surface area contributed by atoms with Gasteiger partial charge in [-0.05, 0) is 54.5 Å². The molecule has 1 aromatic carbocycles. The topological polar surface area (TPSA) is 117 Å². The smallest absolute Gasteiger partial charge is 0.407 e. The van der Waals surface area contributed by atoms with E-state index in [-0.39, 0.29) is 11.1 Å². The Morgan fingerprint density at radius 3 is 2.72 bits per heavy atom. The normalized spacial score (nSPS) is 11.1. The van der Waals surface area contributed by atoms with E-state index in [0.717, 1.165) is 24.2 Å². The minimum Gasteiger partial charge on any atom is -0.494 e. The number of benzene rings is 1. The van der Waals surface area contributed by atoms with Gasteiger partial charge in [0.05, 0.1) is 19.5 Å². The molecule has 0 atom stereocenters. The SMILES string of the molecule is CC(C)CCOc1ccc(CNC(=O)OCCCCn2cnc3c(N)nc(Cl)nc32)cc1. The standard InChI is InChI=1S/C22H29ClN6O3/c1-15(2)9-12-31-17-7-5-16(6-8-17)13-25-22(30)32-11-4-3-10-29-14-26-18-19(24)27-21(23)28-20(18)29/h5-8,14-15H,3-4,9-13H2,1-2H3,(H,25,30)(H2,24,27,28). The van der Waals surface area contributed by atoms with Crippen molar-refractivity contribution in [3.05, 3.63) is 41.4 Å². The summed E-state index contributed by atoms with van der Waals surface area (Å²) in [7, 11) is 0. The zero-order chi connectivity index (χ0) is 22.9. The Kier molecular flexibility index (Phi) is 8.49. The molecule has 1 amide bonds. The second-order valence-corrected chi connectivity index (χ2v) is 8.20. The molecule has 0 aliphatic heterocycles. The van der Waals surface area contributed by atoms with Gasteiger partial charge in [-0.15, -0.1) is 0 Å². The third-order valence-electron chi connectivity index (χ3n) is 4.81. The lowest BCUT2D eigenvalue weighted by Crippen LogP contribution is -2.24. The molecule has 0 aliphatic rings. The van der Waals surface area contributed by atoms with Gasteiger partial charge in [-0.2, -0.15) is 9.97 Å². The van der Waals surface area contributed by atoms with E-state index < -0.39 is 6.09 Å². The van der Waals surface area contributed by atoms with Gasteiger partial charge in [0.25, 0.3) is 0 Å². The summed E-state index contributed by atoms with van der Waals surface area (Å²) in [5, 5.41) is 2.84. The highest BCUT2D eigenvalue weighted by Crippen LogP contribution is 2.18. The van der Waals surface area contributed by atoms with Crippen molar-refractivity contribution in [1.82, 2.24) is 24.8 Å². The van der Waals surface area contributed by atoms with Crippen LogP contribution in [0.25, 0.3) is 11.2 Å². The third kappa shape index (κ3) is 6.98. The lowest BCUT2D eigenvalue weighted by atomic mass is 10.1. The van der Waals surface area contributed by atoms with E-state index in [0.29, 0.717) is 49.8 Å². The molecule has 0 bridgehead atoms. The highest BCUT2D eigenvalue weighted by Gasteiger charge is 2.10. The van der Waals surface area contributed by atoms with Crippen molar-refractivity contribution in [3.63, 3.8) is 0 Å². The van der Waals surface area contributed by atoms with Gasteiger partial charge in [-0.1, -0.05) is 26.0 Å². The molecule has 3 rings (SSSR count). The number of hydrogen-bond donors (Lipinski definition) is 2. The molecule has 0 spiro atoms. The van der Waals surface area contributed by atoms with Gasteiger partial charge in [0, 0.05) is 13.1 Å². The number of hydrogen-bond acceptors (Lipinski definition) is 7. The number of carbonyl (C=O) groups excluding carboxylic acids is 1. The average Bonchev–Trinajstić information content (AvgIpc) is 3.16. The fraction of sp³-hybridized carbons (Fsp3) is 0.455. The number of rotatable bonds is 11. The van der Waals surface area contributed by atoms with Crippen LogP contribution in [0.1, 0.15) is 38.7 Å². The van der Waals surface area contributed by atoms with Gasteiger partial charge in [-0.25, -0.2) is 9.78 Å². The molecule has 3 aromatic rings. The van der Waals surface area contributed by atoms with Crippen molar-refractivity contribution >= 4 is 34.7 Å². The maximum absolute atomic E-state index is 11.9. The summed E-state index contributed by atoms with van der Waals surface area (Å²) in [6, 6.07) is 7.69. The highest BCUT2D eigenvalue weighted by molar-refractivity contribution is 6.28. The van der Waals surface area contributed by atoms with E-state index in [4.69, 9.17) is 26.8 Å². The summed E-state index contributed by atoms with van der Waals surface area (Å²) in [5.74, 6) is 1.70. The molecule has 2 aromatic heterocycles. The second kappa shape index (κ2) is 11.5. The molecule has 0 fully saturated rings. The van der Waals surface area contributed by atoms with E-state index in [1.54, 1.807) is 6.33 Å². The van der Waals surface area contributed by atoms with Gasteiger partial charge in [0.15, 0.2) is 11.5 Å². The van der Waals surface area contributed by atoms with Crippen LogP contribution < -0.4 is 15.8 Å². The van der Waals surface area contributed by atoms with Crippen LogP contribution in [-0.4, -0.2) is 38.8 Å². The Hall–Kier alpha value is -3.07. The summed E-state index contributed by atoms with van der Waals surface area (Å²) in [4.78, 5) is 24.2. The maximum Gasteiger partial charge on any atom is 0.407 e. The van der Waals surface area contributed by atoms with Crippen LogP contribution in [0.4, 0.5) is 10.6 Å². The first kappa shape index (κ1) is 23.6. The van der Waals surface area contributed by atoms with Crippen LogP contribution >= 0.6 is 11.6 Å². The van der Waals surface area contributed by atoms with E-state index >= 15 is 0 Å². The quantitative estimate of drug-likeness (QED) is 0.325. The number of anilines is 1. The number of alkyl carbamates (subject to hydrolysis) is 1. The Balaban J connectivity index is 1.32. The number of ether oxygens (including phenoxy) is 2. The molecule has 9 nitrogen and oxygen atoms in total. The number of nitrogens with two attached hydrogens (primary N) is 1. The molecule has 2 heterocycles. The Morgan fingerprint density at radius 1 is 1.19 bits per heavy atom. The Morgan fingerprint density at radius 2 is 1.97 bits per heavy atom. The van der Waals surface area contributed by atoms with E-state index in [1.165, 1.54) is 0 Å². The van der Waals surface area contributed by atoms with E-state index in [1.807, 2.05) is 28.8 Å². The van der Waals surface area contributed by atoms with Gasteiger partial charge in [-0.3, -0.25) is 0 Å². The number of aromatic nitrogens is 4. The minimum atomic E-state index is -0.442. The number of aryl methyl sites for hydroxylation is 1. The number of amides is 1. The number of carbonyl (C=O) groups is 1. The summed E-state index contributed by atoms with van der Waals surface area (Å²) >= 11 is 5.87. The molecule has 0 aliphatic carbocycles. The fourth-order valence-electron chi connectivity index (χ4n) is 2.99. The minimum absolute atomic E-state index is 0.0880. The Labute approximate surface area is 192 Å². The Bertz CT molecular complexity index is 1020. The summed E-state index contributed by atoms with van der Waals surface area (Å²) < 4.78 is 12.8. The lowest BCUT2D eigenvalue weighted by Gasteiger charge is -2.10. The molecule has 0 saturated carbocycles. The molecule has 32 heavy (non-hydrogen) atoms. The predicted octanol–water partition coefficient (Wildman–Crippen LogP) is 4.19. The molecule has 0 radical (unpaired) electrons. The van der Waals surface area contributed by atoms with Crippen LogP contribution in [0.5, 0.6) is 5.75 Å². The number of nitrogen functional groups attached to an aromatic ring is 1. The molecule has 10 heteroatoms. The average molecular weight is 461 g/mol. The van der Waals surface area contributed by atoms with Crippen LogP contribution in [0, 0.1) is 5.92 Å². The lowest BCUT2D eigenvalue weighted by molar-refractivity contribution is 0.143. The van der Waals surface area contributed by atoms with Crippen molar-refractivity contribution in [2.75, 3.05) is 18.9 Å². The molecular formula is C22H29ClN6O3. The number of nitrogens with zero attached hydrogens (tertiary/aromatic N) is 4. The van der Waals surface area contributed by atoms with Crippen molar-refractivity contribution in [2.45, 2.75) is 46.2 Å². The second-order valence-electron chi connectivity index (χ2n) is 7.86. The largest absolute Gasteiger partial charge is 0.494 e. The zero-order valence-electron chi connectivity index (χ0n) is 18.4. The summed E-state index contributed by atoms with van der Waals surface area (Å²) in [5.41, 5.74) is 7.90. The summed E-state index contributed by atoms with van der Waals surface area (Å²) in [6.07, 6.45) is 3.70. The first-order chi connectivity index (χ1) is 15.4. The van der Waals surface area contributed by atoms with Crippen LogP contribution in [0.15, 0.2) is 30.6 Å². The first-order valence-electron chi connectivity index (χ1n) is 10.7. The van der Waals surface area contributed by atoms with Crippen molar-refractivity contribution in [2.24, 2.45) is 5.92 Å². The van der Waals surface area contributed by atoms with Crippen LogP contribution in [0.2, 0.25) is 5.28 Å². The molecular weight excluding hydrogens is 432 g/mol. The van der Waals surface area contributed by atoms with Crippen molar-refractivity contribution in [1.29, 1.82) is 0 Å². The predicted molar refractivity (Wildman–Crippen MR) is 124 cm³/mol. The molecule has 3 N–H and O–H groups in total. The first-order valence-corrected chi connectivity index (χ1v) is 11.1. The van der Waals surface area contributed by atoms with Crippen molar-refractivity contribution < 1.29 is 14.3 Å². The number of halogens is 1. The third-order valence-corrected chi connectivity index (χ3v) is 4.98. The summed E-state index contributed by atoms with van der Waals surface area (Å²) in [6.45, 7) is 6.41. The monoisotopic (exact) mass is 460 g/mol. The van der Waals surface area contributed by atoms with E-state index in [2.05, 4.69) is 34.1 Å². The number of imidazole rings is 1. The number of fused-ring (bicyclic) bond motifs is 1.